The van der Waals surface area contributed by atoms with Gasteiger partial charge in [-0.3, -0.25) is 0 Å². The molecule has 2 unspecified atom stereocenters. The first-order valence-corrected chi connectivity index (χ1v) is 6.18. The van der Waals surface area contributed by atoms with E-state index in [2.05, 4.69) is 36.1 Å². The molecule has 0 aromatic heterocycles. The fourth-order valence-corrected chi connectivity index (χ4v) is 3.25. The number of hydrogen-bond donors (Lipinski definition) is 1. The lowest BCUT2D eigenvalue weighted by Crippen LogP contribution is -2.28. The van der Waals surface area contributed by atoms with Gasteiger partial charge in [0, 0.05) is 29.0 Å². The lowest BCUT2D eigenvalue weighted by molar-refractivity contribution is 0.588. The molecular formula is C13H15NS. The Kier molecular flexibility index (Phi) is 3.35. The highest BCUT2D eigenvalue weighted by Crippen LogP contribution is 2.40. The summed E-state index contributed by atoms with van der Waals surface area (Å²) in [6.07, 6.45) is 0.802. The van der Waals surface area contributed by atoms with E-state index in [0.717, 1.165) is 12.2 Å². The molecule has 0 fully saturated rings. The van der Waals surface area contributed by atoms with Gasteiger partial charge in [-0.1, -0.05) is 18.2 Å². The topological polar surface area (TPSA) is 26.0 Å². The smallest absolute Gasteiger partial charge is 0.0247 e. The second-order valence-corrected chi connectivity index (χ2v) is 4.81. The van der Waals surface area contributed by atoms with Crippen LogP contribution in [0, 0.1) is 11.8 Å². The quantitative estimate of drug-likeness (QED) is 0.771. The molecule has 2 rings (SSSR count). The minimum Gasteiger partial charge on any atom is -0.326 e. The average Bonchev–Trinajstić information content (AvgIpc) is 2.69. The van der Waals surface area contributed by atoms with E-state index in [1.165, 1.54) is 10.5 Å². The summed E-state index contributed by atoms with van der Waals surface area (Å²) >= 11 is 1.91. The van der Waals surface area contributed by atoms with Crippen molar-refractivity contribution in [2.45, 2.75) is 30.2 Å². The molecule has 2 heteroatoms. The van der Waals surface area contributed by atoms with Gasteiger partial charge in [-0.05, 0) is 18.6 Å². The second-order valence-electron chi connectivity index (χ2n) is 3.75. The highest BCUT2D eigenvalue weighted by Gasteiger charge is 2.27. The van der Waals surface area contributed by atoms with E-state index in [0.29, 0.717) is 5.92 Å². The number of thioether (sulfide) groups is 1. The minimum absolute atomic E-state index is 0.175. The molecule has 0 bridgehead atoms. The summed E-state index contributed by atoms with van der Waals surface area (Å²) in [6, 6.07) is 8.73. The average molecular weight is 217 g/mol. The molecule has 0 spiro atoms. The summed E-state index contributed by atoms with van der Waals surface area (Å²) in [6.45, 7) is 1.87. The summed E-state index contributed by atoms with van der Waals surface area (Å²) in [5, 5.41) is 0. The summed E-state index contributed by atoms with van der Waals surface area (Å²) in [5.41, 5.74) is 7.57. The van der Waals surface area contributed by atoms with E-state index < -0.39 is 0 Å². The summed E-state index contributed by atoms with van der Waals surface area (Å²) in [5.74, 6) is 7.56. The van der Waals surface area contributed by atoms with Gasteiger partial charge >= 0.3 is 0 Å². The van der Waals surface area contributed by atoms with Crippen molar-refractivity contribution in [1.29, 1.82) is 0 Å². The van der Waals surface area contributed by atoms with Crippen molar-refractivity contribution < 1.29 is 0 Å². The molecule has 0 aliphatic carbocycles. The normalized spacial score (nSPS) is 20.3. The lowest BCUT2D eigenvalue weighted by atomic mass is 9.92. The summed E-state index contributed by atoms with van der Waals surface area (Å²) in [4.78, 5) is 1.39. The number of fused-ring (bicyclic) bond motifs is 1. The Morgan fingerprint density at radius 3 is 3.13 bits per heavy atom. The van der Waals surface area contributed by atoms with Gasteiger partial charge in [0.05, 0.1) is 0 Å². The van der Waals surface area contributed by atoms with Crippen molar-refractivity contribution in [2.24, 2.45) is 5.73 Å². The minimum atomic E-state index is 0.175. The predicted octanol–water partition coefficient (Wildman–Crippen LogP) is 2.62. The van der Waals surface area contributed by atoms with Gasteiger partial charge < -0.3 is 5.73 Å². The van der Waals surface area contributed by atoms with Gasteiger partial charge in [0.15, 0.2) is 0 Å². The van der Waals surface area contributed by atoms with Crippen LogP contribution in [0.5, 0.6) is 0 Å². The fraction of sp³-hybridized carbons (Fsp3) is 0.385. The zero-order valence-electron chi connectivity index (χ0n) is 8.86. The Bertz CT molecular complexity index is 402. The number of rotatable bonds is 2. The van der Waals surface area contributed by atoms with Crippen LogP contribution in [-0.4, -0.2) is 11.8 Å². The zero-order chi connectivity index (χ0) is 10.7. The van der Waals surface area contributed by atoms with E-state index in [-0.39, 0.29) is 6.04 Å². The molecule has 0 radical (unpaired) electrons. The van der Waals surface area contributed by atoms with Crippen LogP contribution in [0.2, 0.25) is 0 Å². The maximum absolute atomic E-state index is 6.16. The van der Waals surface area contributed by atoms with Crippen molar-refractivity contribution in [3.63, 3.8) is 0 Å². The third-order valence-corrected chi connectivity index (χ3v) is 3.98. The molecule has 0 amide bonds. The molecule has 1 aromatic rings. The Hall–Kier alpha value is -0.910. The highest BCUT2D eigenvalue weighted by atomic mass is 32.2. The fourth-order valence-electron chi connectivity index (χ4n) is 1.90. The third-order valence-electron chi connectivity index (χ3n) is 2.77. The van der Waals surface area contributed by atoms with Crippen LogP contribution in [0.3, 0.4) is 0 Å². The Balaban J connectivity index is 2.15. The van der Waals surface area contributed by atoms with Crippen LogP contribution in [0.25, 0.3) is 0 Å². The molecule has 0 saturated heterocycles. The van der Waals surface area contributed by atoms with E-state index in [9.17, 15) is 0 Å². The van der Waals surface area contributed by atoms with Crippen LogP contribution in [0.15, 0.2) is 29.2 Å². The molecule has 2 N–H and O–H groups in total. The molecule has 78 valence electrons. The summed E-state index contributed by atoms with van der Waals surface area (Å²) < 4.78 is 0. The van der Waals surface area contributed by atoms with Gasteiger partial charge in [0.2, 0.25) is 0 Å². The number of nitrogens with two attached hydrogens (primary N) is 1. The third kappa shape index (κ3) is 2.19. The molecule has 1 nitrogen and oxygen atoms in total. The van der Waals surface area contributed by atoms with Crippen molar-refractivity contribution >= 4 is 11.8 Å². The van der Waals surface area contributed by atoms with Crippen LogP contribution in [-0.2, 0) is 0 Å². The first kappa shape index (κ1) is 10.6. The zero-order valence-corrected chi connectivity index (χ0v) is 9.68. The SMILES string of the molecule is CC#CCC(N)C1CSc2ccccc21. The molecular weight excluding hydrogens is 202 g/mol. The van der Waals surface area contributed by atoms with Gasteiger partial charge in [0.25, 0.3) is 0 Å². The second kappa shape index (κ2) is 4.74. The van der Waals surface area contributed by atoms with Crippen LogP contribution < -0.4 is 5.73 Å². The maximum Gasteiger partial charge on any atom is 0.0247 e. The number of benzene rings is 1. The largest absolute Gasteiger partial charge is 0.326 e. The van der Waals surface area contributed by atoms with Crippen LogP contribution in [0.1, 0.15) is 24.8 Å². The van der Waals surface area contributed by atoms with Gasteiger partial charge in [-0.2, -0.15) is 0 Å². The molecule has 1 aromatic carbocycles. The molecule has 2 atom stereocenters. The highest BCUT2D eigenvalue weighted by molar-refractivity contribution is 7.99. The standard InChI is InChI=1S/C13H15NS/c1-2-3-7-12(14)11-9-15-13-8-5-4-6-10(11)13/h4-6,8,11-12H,7,9,14H2,1H3. The van der Waals surface area contributed by atoms with Gasteiger partial charge in [-0.15, -0.1) is 23.6 Å². The van der Waals surface area contributed by atoms with E-state index in [4.69, 9.17) is 5.73 Å². The first-order chi connectivity index (χ1) is 7.33. The Morgan fingerprint density at radius 2 is 2.33 bits per heavy atom. The molecule has 0 saturated carbocycles. The van der Waals surface area contributed by atoms with E-state index in [1.54, 1.807) is 0 Å². The van der Waals surface area contributed by atoms with Crippen molar-refractivity contribution in [3.8, 4) is 11.8 Å². The Morgan fingerprint density at radius 1 is 1.53 bits per heavy atom. The monoisotopic (exact) mass is 217 g/mol. The molecule has 1 aliphatic rings. The van der Waals surface area contributed by atoms with Crippen molar-refractivity contribution in [3.05, 3.63) is 29.8 Å². The van der Waals surface area contributed by atoms with Gasteiger partial charge in [0.1, 0.15) is 0 Å². The first-order valence-electron chi connectivity index (χ1n) is 5.20. The van der Waals surface area contributed by atoms with Crippen LogP contribution >= 0.6 is 11.8 Å². The molecule has 1 heterocycles. The molecule has 1 aliphatic heterocycles. The summed E-state index contributed by atoms with van der Waals surface area (Å²) in [7, 11) is 0. The van der Waals surface area contributed by atoms with E-state index in [1.807, 2.05) is 18.7 Å². The maximum atomic E-state index is 6.16. The van der Waals surface area contributed by atoms with Crippen molar-refractivity contribution in [2.75, 3.05) is 5.75 Å². The van der Waals surface area contributed by atoms with Gasteiger partial charge in [-0.25, -0.2) is 0 Å². The van der Waals surface area contributed by atoms with Crippen LogP contribution in [0.4, 0.5) is 0 Å². The number of hydrogen-bond acceptors (Lipinski definition) is 2. The predicted molar refractivity (Wildman–Crippen MR) is 65.9 cm³/mol. The van der Waals surface area contributed by atoms with Crippen molar-refractivity contribution in [1.82, 2.24) is 0 Å². The van der Waals surface area contributed by atoms with E-state index >= 15 is 0 Å². The Labute approximate surface area is 95.4 Å². The molecule has 15 heavy (non-hydrogen) atoms. The lowest BCUT2D eigenvalue weighted by Gasteiger charge is -2.17.